The van der Waals surface area contributed by atoms with Gasteiger partial charge in [0.1, 0.15) is 9.88 Å². The maximum Gasteiger partial charge on any atom is 0.267 e. The maximum atomic E-state index is 12.5. The van der Waals surface area contributed by atoms with Gasteiger partial charge in [0.2, 0.25) is 5.91 Å². The third kappa shape index (κ3) is 4.07. The van der Waals surface area contributed by atoms with Crippen LogP contribution in [0.15, 0.2) is 48.7 Å². The summed E-state index contributed by atoms with van der Waals surface area (Å²) in [5.74, 6) is -0.358. The van der Waals surface area contributed by atoms with E-state index >= 15 is 0 Å². The second-order valence-electron chi connectivity index (χ2n) is 5.36. The van der Waals surface area contributed by atoms with Gasteiger partial charge in [-0.05, 0) is 43.3 Å². The van der Waals surface area contributed by atoms with E-state index in [1.165, 1.54) is 18.3 Å². The number of carbonyl (C=O) groups excluding carboxylic acids is 2. The summed E-state index contributed by atoms with van der Waals surface area (Å²) in [5, 5.41) is 6.24. The normalized spacial score (nSPS) is 10.3. The molecule has 0 aliphatic rings. The van der Waals surface area contributed by atoms with Crippen molar-refractivity contribution in [1.82, 2.24) is 9.97 Å². The molecular weight excluding hydrogens is 336 g/mol. The predicted molar refractivity (Wildman–Crippen MR) is 98.8 cm³/mol. The Morgan fingerprint density at radius 3 is 2.28 bits per heavy atom. The van der Waals surface area contributed by atoms with Crippen molar-refractivity contribution in [2.75, 3.05) is 10.6 Å². The van der Waals surface area contributed by atoms with Gasteiger partial charge in [-0.15, -0.1) is 11.3 Å². The van der Waals surface area contributed by atoms with Crippen molar-refractivity contribution in [3.8, 4) is 10.7 Å². The van der Waals surface area contributed by atoms with Crippen molar-refractivity contribution in [3.63, 3.8) is 0 Å². The number of carbonyl (C=O) groups is 2. The van der Waals surface area contributed by atoms with Crippen LogP contribution in [0.2, 0.25) is 0 Å². The number of rotatable bonds is 4. The van der Waals surface area contributed by atoms with Crippen LogP contribution in [0.3, 0.4) is 0 Å². The van der Waals surface area contributed by atoms with Gasteiger partial charge in [-0.3, -0.25) is 14.6 Å². The number of anilines is 2. The van der Waals surface area contributed by atoms with E-state index in [9.17, 15) is 9.59 Å². The lowest BCUT2D eigenvalue weighted by atomic mass is 10.2. The molecule has 0 aliphatic carbocycles. The molecule has 2 amide bonds. The summed E-state index contributed by atoms with van der Waals surface area (Å²) in [4.78, 5) is 32.8. The summed E-state index contributed by atoms with van der Waals surface area (Å²) < 4.78 is 0. The average molecular weight is 352 g/mol. The van der Waals surface area contributed by atoms with E-state index in [1.807, 2.05) is 18.2 Å². The number of amides is 2. The van der Waals surface area contributed by atoms with Crippen LogP contribution in [0.25, 0.3) is 10.7 Å². The molecule has 0 unspecified atom stereocenters. The topological polar surface area (TPSA) is 84.0 Å². The van der Waals surface area contributed by atoms with Crippen molar-refractivity contribution in [1.29, 1.82) is 0 Å². The van der Waals surface area contributed by atoms with Gasteiger partial charge in [-0.1, -0.05) is 6.07 Å². The average Bonchev–Trinajstić information content (AvgIpc) is 2.99. The molecule has 25 heavy (non-hydrogen) atoms. The molecule has 1 aromatic carbocycles. The first-order chi connectivity index (χ1) is 12.0. The fourth-order valence-electron chi connectivity index (χ4n) is 2.23. The Labute approximate surface area is 149 Å². The SMILES string of the molecule is CC(=O)Nc1ccc(NC(=O)c2sc(-c3ccccn3)nc2C)cc1. The van der Waals surface area contributed by atoms with Gasteiger partial charge in [-0.2, -0.15) is 0 Å². The number of nitrogens with zero attached hydrogens (tertiary/aromatic N) is 2. The molecule has 0 atom stereocenters. The Morgan fingerprint density at radius 1 is 1.00 bits per heavy atom. The van der Waals surface area contributed by atoms with Gasteiger partial charge in [0.25, 0.3) is 5.91 Å². The molecule has 0 bridgehead atoms. The first-order valence-electron chi connectivity index (χ1n) is 7.61. The summed E-state index contributed by atoms with van der Waals surface area (Å²) in [6.07, 6.45) is 1.70. The first kappa shape index (κ1) is 16.8. The lowest BCUT2D eigenvalue weighted by Crippen LogP contribution is -2.11. The number of hydrogen-bond donors (Lipinski definition) is 2. The molecule has 2 N–H and O–H groups in total. The van der Waals surface area contributed by atoms with Crippen LogP contribution in [0, 0.1) is 6.92 Å². The van der Waals surface area contributed by atoms with Crippen molar-refractivity contribution in [2.24, 2.45) is 0 Å². The molecule has 2 heterocycles. The third-order valence-electron chi connectivity index (χ3n) is 3.35. The van der Waals surface area contributed by atoms with Gasteiger partial charge < -0.3 is 10.6 Å². The molecule has 126 valence electrons. The number of nitrogens with one attached hydrogen (secondary N) is 2. The monoisotopic (exact) mass is 352 g/mol. The van der Waals surface area contributed by atoms with Crippen LogP contribution >= 0.6 is 11.3 Å². The Hall–Kier alpha value is -3.06. The lowest BCUT2D eigenvalue weighted by Gasteiger charge is -2.06. The molecule has 0 saturated carbocycles. The van der Waals surface area contributed by atoms with Gasteiger partial charge >= 0.3 is 0 Å². The summed E-state index contributed by atoms with van der Waals surface area (Å²) in [7, 11) is 0. The van der Waals surface area contributed by atoms with Crippen molar-refractivity contribution < 1.29 is 9.59 Å². The zero-order chi connectivity index (χ0) is 17.8. The number of hydrogen-bond acceptors (Lipinski definition) is 5. The van der Waals surface area contributed by atoms with Crippen molar-refractivity contribution in [3.05, 3.63) is 59.2 Å². The summed E-state index contributed by atoms with van der Waals surface area (Å²) >= 11 is 1.31. The predicted octanol–water partition coefficient (Wildman–Crippen LogP) is 3.72. The van der Waals surface area contributed by atoms with Crippen LogP contribution in [-0.4, -0.2) is 21.8 Å². The molecule has 0 aliphatic heterocycles. The van der Waals surface area contributed by atoms with E-state index in [0.717, 1.165) is 5.69 Å². The summed E-state index contributed by atoms with van der Waals surface area (Å²) in [6.45, 7) is 3.25. The number of aromatic nitrogens is 2. The quantitative estimate of drug-likeness (QED) is 0.749. The van der Waals surface area contributed by atoms with E-state index in [1.54, 1.807) is 37.4 Å². The number of thiazole rings is 1. The highest BCUT2D eigenvalue weighted by Gasteiger charge is 2.17. The van der Waals surface area contributed by atoms with Crippen LogP contribution in [0.4, 0.5) is 11.4 Å². The molecule has 2 aromatic heterocycles. The standard InChI is InChI=1S/C18H16N4O2S/c1-11-16(25-18(20-11)15-5-3-4-10-19-15)17(24)22-14-8-6-13(7-9-14)21-12(2)23/h3-10H,1-2H3,(H,21,23)(H,22,24). The number of pyridine rings is 1. The lowest BCUT2D eigenvalue weighted by molar-refractivity contribution is -0.114. The number of aryl methyl sites for hydroxylation is 1. The van der Waals surface area contributed by atoms with Crippen molar-refractivity contribution >= 4 is 34.5 Å². The Kier molecular flexibility index (Phi) is 4.85. The largest absolute Gasteiger partial charge is 0.326 e. The minimum absolute atomic E-state index is 0.140. The zero-order valence-corrected chi connectivity index (χ0v) is 14.6. The highest BCUT2D eigenvalue weighted by atomic mass is 32.1. The molecule has 0 saturated heterocycles. The summed E-state index contributed by atoms with van der Waals surface area (Å²) in [6, 6.07) is 12.5. The fraction of sp³-hybridized carbons (Fsp3) is 0.111. The molecule has 6 nitrogen and oxygen atoms in total. The molecule has 0 fully saturated rings. The highest BCUT2D eigenvalue weighted by molar-refractivity contribution is 7.17. The van der Waals surface area contributed by atoms with E-state index in [2.05, 4.69) is 20.6 Å². The van der Waals surface area contributed by atoms with Gasteiger partial charge in [0, 0.05) is 24.5 Å². The van der Waals surface area contributed by atoms with E-state index in [4.69, 9.17) is 0 Å². The molecule has 3 rings (SSSR count). The smallest absolute Gasteiger partial charge is 0.267 e. The third-order valence-corrected chi connectivity index (χ3v) is 4.53. The van der Waals surface area contributed by atoms with Gasteiger partial charge in [0.15, 0.2) is 0 Å². The van der Waals surface area contributed by atoms with Gasteiger partial charge in [-0.25, -0.2) is 4.98 Å². The van der Waals surface area contributed by atoms with Crippen LogP contribution in [-0.2, 0) is 4.79 Å². The van der Waals surface area contributed by atoms with E-state index in [-0.39, 0.29) is 11.8 Å². The first-order valence-corrected chi connectivity index (χ1v) is 8.42. The molecule has 0 spiro atoms. The molecule has 0 radical (unpaired) electrons. The minimum Gasteiger partial charge on any atom is -0.326 e. The molecule has 3 aromatic rings. The number of benzene rings is 1. The Balaban J connectivity index is 1.75. The van der Waals surface area contributed by atoms with Crippen LogP contribution < -0.4 is 10.6 Å². The molecule has 7 heteroatoms. The second kappa shape index (κ2) is 7.23. The minimum atomic E-state index is -0.218. The van der Waals surface area contributed by atoms with Crippen LogP contribution in [0.5, 0.6) is 0 Å². The zero-order valence-electron chi connectivity index (χ0n) is 13.7. The second-order valence-corrected chi connectivity index (χ2v) is 6.36. The van der Waals surface area contributed by atoms with E-state index < -0.39 is 0 Å². The van der Waals surface area contributed by atoms with Crippen molar-refractivity contribution in [2.45, 2.75) is 13.8 Å². The highest BCUT2D eigenvalue weighted by Crippen LogP contribution is 2.27. The maximum absolute atomic E-state index is 12.5. The fourth-order valence-corrected chi connectivity index (χ4v) is 3.17. The molecular formula is C18H16N4O2S. The Morgan fingerprint density at radius 2 is 1.68 bits per heavy atom. The Bertz CT molecular complexity index is 905. The van der Waals surface area contributed by atoms with E-state index in [0.29, 0.717) is 27.0 Å². The summed E-state index contributed by atoms with van der Waals surface area (Å²) in [5.41, 5.74) is 2.73. The van der Waals surface area contributed by atoms with Gasteiger partial charge in [0.05, 0.1) is 11.4 Å². The van der Waals surface area contributed by atoms with Crippen LogP contribution in [0.1, 0.15) is 22.3 Å².